The van der Waals surface area contributed by atoms with E-state index in [0.29, 0.717) is 23.3 Å². The second kappa shape index (κ2) is 8.65. The Bertz CT molecular complexity index is 841. The molecule has 1 aromatic heterocycles. The molecule has 25 heavy (non-hydrogen) atoms. The van der Waals surface area contributed by atoms with Gasteiger partial charge in [0.25, 0.3) is 0 Å². The number of fused-ring (bicyclic) bond motifs is 1. The lowest BCUT2D eigenvalue weighted by molar-refractivity contribution is 0.188. The van der Waals surface area contributed by atoms with Gasteiger partial charge in [0.05, 0.1) is 24.2 Å². The molecule has 1 aromatic carbocycles. The number of rotatable bonds is 7. The summed E-state index contributed by atoms with van der Waals surface area (Å²) in [5, 5.41) is 20.3. The van der Waals surface area contributed by atoms with Crippen LogP contribution in [0.2, 0.25) is 0 Å². The molecule has 0 fully saturated rings. The van der Waals surface area contributed by atoms with E-state index in [-0.39, 0.29) is 13.2 Å². The van der Waals surface area contributed by atoms with Gasteiger partial charge in [0, 0.05) is 0 Å². The molecule has 5 heteroatoms. The predicted molar refractivity (Wildman–Crippen MR) is 97.9 cm³/mol. The lowest BCUT2D eigenvalue weighted by Gasteiger charge is -2.13. The standard InChI is InChI=1S/C20H24O5/c1-13(2)7-8-16(22)15(12-21)9-10-24-18-11-19(23)25-17-6-4-5-14(3)20(17)18/h4-7,9,11,16,21-22H,8,10,12H2,1-3H3. The highest BCUT2D eigenvalue weighted by Crippen LogP contribution is 2.27. The summed E-state index contributed by atoms with van der Waals surface area (Å²) < 4.78 is 10.9. The Hall–Kier alpha value is -2.37. The third-order valence-corrected chi connectivity index (χ3v) is 3.88. The molecule has 134 valence electrons. The molecule has 0 spiro atoms. The molecule has 0 bridgehead atoms. The Balaban J connectivity index is 2.19. The van der Waals surface area contributed by atoms with Gasteiger partial charge >= 0.3 is 5.63 Å². The maximum absolute atomic E-state index is 11.7. The Labute approximate surface area is 146 Å². The van der Waals surface area contributed by atoms with Gasteiger partial charge in [-0.3, -0.25) is 0 Å². The fourth-order valence-electron chi connectivity index (χ4n) is 2.52. The molecular formula is C20H24O5. The van der Waals surface area contributed by atoms with Crippen molar-refractivity contribution in [1.82, 2.24) is 0 Å². The van der Waals surface area contributed by atoms with Gasteiger partial charge in [-0.25, -0.2) is 4.79 Å². The first-order valence-electron chi connectivity index (χ1n) is 8.20. The van der Waals surface area contributed by atoms with Crippen molar-refractivity contribution < 1.29 is 19.4 Å². The van der Waals surface area contributed by atoms with E-state index in [9.17, 15) is 15.0 Å². The first kappa shape index (κ1) is 19.0. The van der Waals surface area contributed by atoms with Crippen molar-refractivity contribution in [3.05, 3.63) is 63.5 Å². The van der Waals surface area contributed by atoms with E-state index in [4.69, 9.17) is 9.15 Å². The van der Waals surface area contributed by atoms with Crippen molar-refractivity contribution in [3.8, 4) is 5.75 Å². The predicted octanol–water partition coefficient (Wildman–Crippen LogP) is 3.12. The molecule has 5 nitrogen and oxygen atoms in total. The van der Waals surface area contributed by atoms with Gasteiger partial charge in [-0.2, -0.15) is 0 Å². The first-order valence-corrected chi connectivity index (χ1v) is 8.20. The Morgan fingerprint density at radius 3 is 2.76 bits per heavy atom. The Morgan fingerprint density at radius 1 is 1.32 bits per heavy atom. The molecule has 0 saturated heterocycles. The number of hydrogen-bond donors (Lipinski definition) is 2. The Kier molecular flexibility index (Phi) is 6.56. The van der Waals surface area contributed by atoms with Crippen LogP contribution in [0.4, 0.5) is 0 Å². The number of aliphatic hydroxyl groups is 2. The van der Waals surface area contributed by atoms with E-state index in [0.717, 1.165) is 16.5 Å². The van der Waals surface area contributed by atoms with Gasteiger partial charge in [-0.15, -0.1) is 0 Å². The van der Waals surface area contributed by atoms with Crippen molar-refractivity contribution >= 4 is 11.0 Å². The highest BCUT2D eigenvalue weighted by Gasteiger charge is 2.11. The van der Waals surface area contributed by atoms with Gasteiger partial charge in [-0.05, 0) is 50.5 Å². The van der Waals surface area contributed by atoms with Crippen LogP contribution in [0.3, 0.4) is 0 Å². The van der Waals surface area contributed by atoms with E-state index in [2.05, 4.69) is 0 Å². The summed E-state index contributed by atoms with van der Waals surface area (Å²) in [5.74, 6) is 0.427. The molecule has 0 amide bonds. The lowest BCUT2D eigenvalue weighted by atomic mass is 10.1. The van der Waals surface area contributed by atoms with Crippen LogP contribution in [-0.4, -0.2) is 29.5 Å². The fourth-order valence-corrected chi connectivity index (χ4v) is 2.52. The fraction of sp³-hybridized carbons (Fsp3) is 0.350. The third-order valence-electron chi connectivity index (χ3n) is 3.88. The molecular weight excluding hydrogens is 320 g/mol. The summed E-state index contributed by atoms with van der Waals surface area (Å²) in [6.45, 7) is 5.69. The molecule has 2 rings (SSSR count). The van der Waals surface area contributed by atoms with Crippen LogP contribution >= 0.6 is 0 Å². The molecule has 0 aliphatic heterocycles. The number of ether oxygens (including phenoxy) is 1. The number of aliphatic hydroxyl groups excluding tert-OH is 2. The van der Waals surface area contributed by atoms with Crippen molar-refractivity contribution in [2.24, 2.45) is 0 Å². The first-order chi connectivity index (χ1) is 11.9. The highest BCUT2D eigenvalue weighted by atomic mass is 16.5. The summed E-state index contributed by atoms with van der Waals surface area (Å²) in [6.07, 6.45) is 3.23. The van der Waals surface area contributed by atoms with Gasteiger partial charge in [0.1, 0.15) is 17.9 Å². The second-order valence-corrected chi connectivity index (χ2v) is 6.16. The minimum absolute atomic E-state index is 0.134. The van der Waals surface area contributed by atoms with Crippen LogP contribution in [0.1, 0.15) is 25.8 Å². The summed E-state index contributed by atoms with van der Waals surface area (Å²) in [4.78, 5) is 11.7. The molecule has 1 heterocycles. The maximum Gasteiger partial charge on any atom is 0.339 e. The molecule has 1 unspecified atom stereocenters. The number of aryl methyl sites for hydroxylation is 1. The van der Waals surface area contributed by atoms with Crippen LogP contribution in [0.25, 0.3) is 11.0 Å². The smallest absolute Gasteiger partial charge is 0.339 e. The van der Waals surface area contributed by atoms with Crippen LogP contribution in [0.15, 0.2) is 56.8 Å². The van der Waals surface area contributed by atoms with E-state index < -0.39 is 11.7 Å². The summed E-state index contributed by atoms with van der Waals surface area (Å²) in [6, 6.07) is 6.75. The van der Waals surface area contributed by atoms with Crippen LogP contribution < -0.4 is 10.4 Å². The van der Waals surface area contributed by atoms with Gasteiger partial charge in [0.2, 0.25) is 0 Å². The topological polar surface area (TPSA) is 79.9 Å². The second-order valence-electron chi connectivity index (χ2n) is 6.16. The van der Waals surface area contributed by atoms with Gasteiger partial charge < -0.3 is 19.4 Å². The number of hydrogen-bond acceptors (Lipinski definition) is 5. The van der Waals surface area contributed by atoms with Crippen LogP contribution in [-0.2, 0) is 0 Å². The highest BCUT2D eigenvalue weighted by molar-refractivity contribution is 5.86. The van der Waals surface area contributed by atoms with Crippen molar-refractivity contribution in [1.29, 1.82) is 0 Å². The molecule has 2 N–H and O–H groups in total. The average Bonchev–Trinajstić information content (AvgIpc) is 2.56. The minimum Gasteiger partial charge on any atom is -0.488 e. The summed E-state index contributed by atoms with van der Waals surface area (Å²) in [5.41, 5.74) is 2.51. The molecule has 1 atom stereocenters. The molecule has 0 aliphatic rings. The summed E-state index contributed by atoms with van der Waals surface area (Å²) in [7, 11) is 0. The zero-order valence-corrected chi connectivity index (χ0v) is 14.8. The number of allylic oxidation sites excluding steroid dienone is 1. The molecule has 0 radical (unpaired) electrons. The van der Waals surface area contributed by atoms with Crippen molar-refractivity contribution in [2.45, 2.75) is 33.3 Å². The zero-order chi connectivity index (χ0) is 18.4. The maximum atomic E-state index is 11.7. The molecule has 2 aromatic rings. The van der Waals surface area contributed by atoms with Gasteiger partial charge in [-0.1, -0.05) is 23.8 Å². The van der Waals surface area contributed by atoms with E-state index >= 15 is 0 Å². The average molecular weight is 344 g/mol. The third kappa shape index (κ3) is 5.05. The van der Waals surface area contributed by atoms with E-state index in [1.54, 1.807) is 12.1 Å². The lowest BCUT2D eigenvalue weighted by Crippen LogP contribution is -2.14. The SMILES string of the molecule is CC(C)=CCC(O)C(=CCOc1cc(=O)oc2cccc(C)c12)CO. The van der Waals surface area contributed by atoms with Crippen molar-refractivity contribution in [2.75, 3.05) is 13.2 Å². The number of benzene rings is 1. The van der Waals surface area contributed by atoms with E-state index in [1.807, 2.05) is 39.0 Å². The molecule has 0 saturated carbocycles. The largest absolute Gasteiger partial charge is 0.488 e. The van der Waals surface area contributed by atoms with E-state index in [1.165, 1.54) is 6.07 Å². The minimum atomic E-state index is -0.761. The molecule has 0 aliphatic carbocycles. The van der Waals surface area contributed by atoms with Crippen LogP contribution in [0, 0.1) is 6.92 Å². The normalized spacial score (nSPS) is 12.9. The quantitative estimate of drug-likeness (QED) is 0.596. The zero-order valence-electron chi connectivity index (χ0n) is 14.8. The Morgan fingerprint density at radius 2 is 2.08 bits per heavy atom. The van der Waals surface area contributed by atoms with Gasteiger partial charge in [0.15, 0.2) is 0 Å². The van der Waals surface area contributed by atoms with Crippen molar-refractivity contribution in [3.63, 3.8) is 0 Å². The monoisotopic (exact) mass is 344 g/mol. The summed E-state index contributed by atoms with van der Waals surface area (Å²) >= 11 is 0. The van der Waals surface area contributed by atoms with Crippen LogP contribution in [0.5, 0.6) is 5.75 Å².